The molecule has 2 aromatic rings. The highest BCUT2D eigenvalue weighted by molar-refractivity contribution is 5.79. The van der Waals surface area contributed by atoms with Gasteiger partial charge in [-0.15, -0.1) is 0 Å². The topological polar surface area (TPSA) is 58.6 Å². The average molecular weight is 338 g/mol. The maximum absolute atomic E-state index is 12.6. The van der Waals surface area contributed by atoms with Gasteiger partial charge in [-0.05, 0) is 23.8 Å². The van der Waals surface area contributed by atoms with Gasteiger partial charge in [0.05, 0.1) is 13.5 Å². The number of amides is 1. The lowest BCUT2D eigenvalue weighted by molar-refractivity contribution is -0.129. The molecule has 6 heteroatoms. The fourth-order valence-corrected chi connectivity index (χ4v) is 3.84. The van der Waals surface area contributed by atoms with Crippen LogP contribution in [0.1, 0.15) is 5.56 Å². The molecule has 25 heavy (non-hydrogen) atoms. The number of anilines is 1. The highest BCUT2D eigenvalue weighted by atomic mass is 16.5. The molecule has 1 aromatic heterocycles. The molecule has 0 aliphatic carbocycles. The second-order valence-electron chi connectivity index (χ2n) is 6.80. The summed E-state index contributed by atoms with van der Waals surface area (Å²) in [6, 6.07) is 9.56. The first-order valence-corrected chi connectivity index (χ1v) is 8.65. The number of carbonyl (C=O) groups excluding carboxylic acids is 1. The fourth-order valence-electron chi connectivity index (χ4n) is 3.84. The number of hydrogen-bond donors (Lipinski definition) is 0. The second kappa shape index (κ2) is 6.70. The van der Waals surface area contributed by atoms with E-state index >= 15 is 0 Å². The maximum Gasteiger partial charge on any atom is 0.227 e. The summed E-state index contributed by atoms with van der Waals surface area (Å²) in [6.07, 6.45) is 4.01. The summed E-state index contributed by atoms with van der Waals surface area (Å²) < 4.78 is 5.16. The predicted octanol–water partition coefficient (Wildman–Crippen LogP) is 1.62. The van der Waals surface area contributed by atoms with Crippen molar-refractivity contribution in [1.82, 2.24) is 14.9 Å². The molecule has 0 N–H and O–H groups in total. The van der Waals surface area contributed by atoms with Crippen molar-refractivity contribution in [3.63, 3.8) is 0 Å². The molecule has 2 fully saturated rings. The molecule has 0 unspecified atom stereocenters. The van der Waals surface area contributed by atoms with Crippen molar-refractivity contribution < 1.29 is 9.53 Å². The van der Waals surface area contributed by atoms with Gasteiger partial charge in [-0.2, -0.15) is 0 Å². The summed E-state index contributed by atoms with van der Waals surface area (Å²) in [5, 5.41) is 0. The number of rotatable bonds is 4. The monoisotopic (exact) mass is 338 g/mol. The molecule has 0 radical (unpaired) electrons. The van der Waals surface area contributed by atoms with Crippen molar-refractivity contribution in [2.45, 2.75) is 6.42 Å². The van der Waals surface area contributed by atoms with Crippen LogP contribution in [-0.4, -0.2) is 54.1 Å². The lowest BCUT2D eigenvalue weighted by Crippen LogP contribution is -2.34. The van der Waals surface area contributed by atoms with Gasteiger partial charge in [0.1, 0.15) is 5.75 Å². The van der Waals surface area contributed by atoms with Crippen molar-refractivity contribution in [2.24, 2.45) is 11.8 Å². The molecule has 6 nitrogen and oxygen atoms in total. The van der Waals surface area contributed by atoms with Gasteiger partial charge in [-0.3, -0.25) is 4.79 Å². The van der Waals surface area contributed by atoms with Gasteiger partial charge in [-0.25, -0.2) is 9.97 Å². The number of nitrogens with zero attached hydrogens (tertiary/aromatic N) is 4. The van der Waals surface area contributed by atoms with E-state index < -0.39 is 0 Å². The zero-order valence-electron chi connectivity index (χ0n) is 14.3. The number of hydrogen-bond acceptors (Lipinski definition) is 5. The smallest absolute Gasteiger partial charge is 0.227 e. The number of aromatic nitrogens is 2. The van der Waals surface area contributed by atoms with Crippen LogP contribution in [0.3, 0.4) is 0 Å². The molecule has 1 amide bonds. The SMILES string of the molecule is COc1ccc(CC(=O)N2C[C@@H]3CN(c4ncccn4)C[C@@H]3C2)cc1. The Labute approximate surface area is 147 Å². The van der Waals surface area contributed by atoms with E-state index in [2.05, 4.69) is 14.9 Å². The molecule has 2 saturated heterocycles. The predicted molar refractivity (Wildman–Crippen MR) is 94.5 cm³/mol. The van der Waals surface area contributed by atoms with Crippen LogP contribution in [-0.2, 0) is 11.2 Å². The molecule has 0 spiro atoms. The second-order valence-corrected chi connectivity index (χ2v) is 6.80. The first-order valence-electron chi connectivity index (χ1n) is 8.65. The molecule has 3 heterocycles. The quantitative estimate of drug-likeness (QED) is 0.848. The summed E-state index contributed by atoms with van der Waals surface area (Å²) in [6.45, 7) is 3.54. The van der Waals surface area contributed by atoms with Crippen LogP contribution in [0.2, 0.25) is 0 Å². The zero-order chi connectivity index (χ0) is 17.2. The van der Waals surface area contributed by atoms with E-state index in [1.165, 1.54) is 0 Å². The number of benzene rings is 1. The van der Waals surface area contributed by atoms with Gasteiger partial charge in [-0.1, -0.05) is 12.1 Å². The van der Waals surface area contributed by atoms with Crippen molar-refractivity contribution in [3.05, 3.63) is 48.3 Å². The minimum Gasteiger partial charge on any atom is -0.497 e. The number of carbonyl (C=O) groups is 1. The third-order valence-corrected chi connectivity index (χ3v) is 5.19. The summed E-state index contributed by atoms with van der Waals surface area (Å²) >= 11 is 0. The van der Waals surface area contributed by atoms with E-state index in [0.29, 0.717) is 18.3 Å². The molecular formula is C19H22N4O2. The number of ether oxygens (including phenoxy) is 1. The number of methoxy groups -OCH3 is 1. The van der Waals surface area contributed by atoms with Gasteiger partial charge in [0.2, 0.25) is 11.9 Å². The standard InChI is InChI=1S/C19H22N4O2/c1-25-17-5-3-14(4-6-17)9-18(24)22-10-15-12-23(13-16(15)11-22)19-20-7-2-8-21-19/h2-8,15-16H,9-13H2,1H3/t15-,16+. The van der Waals surface area contributed by atoms with Crippen molar-refractivity contribution in [2.75, 3.05) is 38.2 Å². The summed E-state index contributed by atoms with van der Waals surface area (Å²) in [5.74, 6) is 2.86. The van der Waals surface area contributed by atoms with E-state index in [0.717, 1.165) is 43.4 Å². The van der Waals surface area contributed by atoms with Gasteiger partial charge in [0, 0.05) is 50.4 Å². The Balaban J connectivity index is 1.34. The number of likely N-dealkylation sites (tertiary alicyclic amines) is 1. The van der Waals surface area contributed by atoms with Crippen LogP contribution in [0.15, 0.2) is 42.7 Å². The maximum atomic E-state index is 12.6. The van der Waals surface area contributed by atoms with E-state index in [1.54, 1.807) is 19.5 Å². The minimum atomic E-state index is 0.210. The van der Waals surface area contributed by atoms with Gasteiger partial charge < -0.3 is 14.5 Å². The first-order chi connectivity index (χ1) is 12.2. The Morgan fingerprint density at radius 1 is 1.08 bits per heavy atom. The first kappa shape index (κ1) is 15.9. The van der Waals surface area contributed by atoms with Gasteiger partial charge in [0.25, 0.3) is 0 Å². The van der Waals surface area contributed by atoms with Gasteiger partial charge >= 0.3 is 0 Å². The normalized spacial score (nSPS) is 22.1. The third-order valence-electron chi connectivity index (χ3n) is 5.19. The molecule has 4 rings (SSSR count). The Morgan fingerprint density at radius 3 is 2.32 bits per heavy atom. The van der Waals surface area contributed by atoms with Crippen molar-refractivity contribution in [3.8, 4) is 5.75 Å². The zero-order valence-corrected chi connectivity index (χ0v) is 14.3. The molecule has 2 aliphatic heterocycles. The summed E-state index contributed by atoms with van der Waals surface area (Å²) in [4.78, 5) is 25.5. The van der Waals surface area contributed by atoms with Crippen LogP contribution in [0.5, 0.6) is 5.75 Å². The van der Waals surface area contributed by atoms with Crippen LogP contribution in [0.25, 0.3) is 0 Å². The molecule has 2 atom stereocenters. The van der Waals surface area contributed by atoms with Crippen LogP contribution >= 0.6 is 0 Å². The number of fused-ring (bicyclic) bond motifs is 1. The van der Waals surface area contributed by atoms with Crippen LogP contribution in [0.4, 0.5) is 5.95 Å². The molecule has 0 saturated carbocycles. The lowest BCUT2D eigenvalue weighted by atomic mass is 10.0. The van der Waals surface area contributed by atoms with Gasteiger partial charge in [0.15, 0.2) is 0 Å². The Bertz CT molecular complexity index is 721. The van der Waals surface area contributed by atoms with E-state index in [9.17, 15) is 4.79 Å². The highest BCUT2D eigenvalue weighted by Gasteiger charge is 2.42. The van der Waals surface area contributed by atoms with Crippen LogP contribution in [0, 0.1) is 11.8 Å². The average Bonchev–Trinajstić information content (AvgIpc) is 3.22. The van der Waals surface area contributed by atoms with Crippen molar-refractivity contribution in [1.29, 1.82) is 0 Å². The molecular weight excluding hydrogens is 316 g/mol. The van der Waals surface area contributed by atoms with Crippen LogP contribution < -0.4 is 9.64 Å². The fraction of sp³-hybridized carbons (Fsp3) is 0.421. The Morgan fingerprint density at radius 2 is 1.72 bits per heavy atom. The Hall–Kier alpha value is -2.63. The summed E-state index contributed by atoms with van der Waals surface area (Å²) in [7, 11) is 1.65. The largest absolute Gasteiger partial charge is 0.497 e. The molecule has 2 aliphatic rings. The molecule has 1 aromatic carbocycles. The van der Waals surface area contributed by atoms with E-state index in [4.69, 9.17) is 4.74 Å². The molecule has 130 valence electrons. The molecule has 0 bridgehead atoms. The highest BCUT2D eigenvalue weighted by Crippen LogP contribution is 2.32. The van der Waals surface area contributed by atoms with E-state index in [1.807, 2.05) is 35.2 Å². The Kier molecular flexibility index (Phi) is 4.26. The van der Waals surface area contributed by atoms with Crippen molar-refractivity contribution >= 4 is 11.9 Å². The minimum absolute atomic E-state index is 0.210. The lowest BCUT2D eigenvalue weighted by Gasteiger charge is -2.21. The third kappa shape index (κ3) is 3.29. The van der Waals surface area contributed by atoms with E-state index in [-0.39, 0.29) is 5.91 Å². The summed E-state index contributed by atoms with van der Waals surface area (Å²) in [5.41, 5.74) is 1.03.